The molecule has 4 aromatic carbocycles. The molecule has 0 nitrogen and oxygen atoms in total. The number of aryl methyl sites for hydroxylation is 2. The quantitative estimate of drug-likeness (QED) is 0.0913. The van der Waals surface area contributed by atoms with E-state index in [1.54, 1.807) is 0 Å². The predicted molar refractivity (Wildman–Crippen MR) is 154 cm³/mol. The molecule has 0 heterocycles. The summed E-state index contributed by atoms with van der Waals surface area (Å²) in [7, 11) is 10.8. The molecule has 0 fully saturated rings. The summed E-state index contributed by atoms with van der Waals surface area (Å²) in [6, 6.07) is 25.5. The normalized spacial score (nSPS) is 10.4. The van der Waals surface area contributed by atoms with Crippen LogP contribution in [-0.2, 0) is 17.0 Å². The van der Waals surface area contributed by atoms with Crippen molar-refractivity contribution in [1.82, 2.24) is 0 Å². The van der Waals surface area contributed by atoms with Crippen LogP contribution in [0.25, 0.3) is 21.5 Å². The van der Waals surface area contributed by atoms with Crippen molar-refractivity contribution in [1.29, 1.82) is 0 Å². The third-order valence-corrected chi connectivity index (χ3v) is 8.14. The standard InChI is InChI=1S/2C10H9.C5H11Cl3Si2.2ClH.Ti/c2*1-8-6-9-4-2-3-5-10(9)7-8;1-9-4-2-3-5-10(6,7)8;;;/h2*2-7H,1H3;2-5H2,1H3;2*1H;/q2*-1;;;;+2/p-2. The van der Waals surface area contributed by atoms with Crippen molar-refractivity contribution < 1.29 is 17.0 Å². The topological polar surface area (TPSA) is 0 Å². The van der Waals surface area contributed by atoms with Crippen LogP contribution in [0.15, 0.2) is 72.8 Å². The molecule has 0 aliphatic heterocycles. The SMILES string of the molecule is C[Si]CCCC[Si](Cl)(Cl)Cl.Cc1cc2ccccc2[cH-]1.Cc1cc2ccccc2[cH-]1.[Cl][Ti][Cl]. The molecule has 0 amide bonds. The van der Waals surface area contributed by atoms with E-state index in [4.69, 9.17) is 51.8 Å². The van der Waals surface area contributed by atoms with Gasteiger partial charge in [0.2, 0.25) is 0 Å². The fraction of sp³-hybridized carbons (Fsp3) is 0.280. The van der Waals surface area contributed by atoms with Crippen LogP contribution in [0.1, 0.15) is 24.0 Å². The summed E-state index contributed by atoms with van der Waals surface area (Å²) in [5, 5.41) is 5.39. The van der Waals surface area contributed by atoms with Crippen LogP contribution in [0.5, 0.6) is 0 Å². The Morgan fingerprint density at radius 2 is 1.21 bits per heavy atom. The van der Waals surface area contributed by atoms with E-state index in [0.29, 0.717) is 0 Å². The second-order valence-electron chi connectivity index (χ2n) is 7.57. The molecule has 0 spiro atoms. The van der Waals surface area contributed by atoms with Crippen molar-refractivity contribution in [2.45, 2.75) is 45.3 Å². The molecule has 0 aliphatic rings. The van der Waals surface area contributed by atoms with Crippen molar-refractivity contribution in [3.8, 4) is 0 Å². The molecule has 8 heteroatoms. The Hall–Kier alpha value is 0.258. The van der Waals surface area contributed by atoms with Crippen LogP contribution < -0.4 is 0 Å². The Morgan fingerprint density at radius 3 is 1.58 bits per heavy atom. The van der Waals surface area contributed by atoms with Crippen molar-refractivity contribution in [2.75, 3.05) is 0 Å². The van der Waals surface area contributed by atoms with Crippen LogP contribution in [0.3, 0.4) is 0 Å². The van der Waals surface area contributed by atoms with Gasteiger partial charge in [-0.1, -0.05) is 51.4 Å². The van der Waals surface area contributed by atoms with E-state index < -0.39 is 23.0 Å². The minimum absolute atomic E-state index is 0.556. The van der Waals surface area contributed by atoms with E-state index in [9.17, 15) is 0 Å². The first-order chi connectivity index (χ1) is 15.7. The van der Waals surface area contributed by atoms with Crippen molar-refractivity contribution in [3.05, 3.63) is 83.9 Å². The van der Waals surface area contributed by atoms with E-state index in [0.717, 1.165) is 22.0 Å². The molecule has 0 atom stereocenters. The number of rotatable bonds is 5. The first kappa shape index (κ1) is 31.3. The van der Waals surface area contributed by atoms with Crippen LogP contribution in [-0.4, -0.2) is 15.5 Å². The van der Waals surface area contributed by atoms with Gasteiger partial charge in [0.05, 0.1) is 0 Å². The van der Waals surface area contributed by atoms with Gasteiger partial charge in [-0.15, -0.1) is 114 Å². The third-order valence-electron chi connectivity index (χ3n) is 4.66. The van der Waals surface area contributed by atoms with E-state index in [1.807, 2.05) is 0 Å². The Labute approximate surface area is 233 Å². The molecular weight excluding hydrogens is 582 g/mol. The molecule has 0 aliphatic carbocycles. The Morgan fingerprint density at radius 1 is 0.788 bits per heavy atom. The van der Waals surface area contributed by atoms with Crippen molar-refractivity contribution in [2.24, 2.45) is 0 Å². The summed E-state index contributed by atoms with van der Waals surface area (Å²) in [5.41, 5.74) is 2.70. The number of fused-ring (bicyclic) bond motifs is 2. The van der Waals surface area contributed by atoms with Gasteiger partial charge in [-0.3, -0.25) is 0 Å². The average Bonchev–Trinajstić information content (AvgIpc) is 3.32. The fourth-order valence-corrected chi connectivity index (χ4v) is 5.70. The predicted octanol–water partition coefficient (Wildman–Crippen LogP) is 10.7. The van der Waals surface area contributed by atoms with E-state index in [-0.39, 0.29) is 0 Å². The van der Waals surface area contributed by atoms with Gasteiger partial charge in [0, 0.05) is 9.52 Å². The first-order valence-electron chi connectivity index (χ1n) is 10.6. The van der Waals surface area contributed by atoms with Gasteiger partial charge in [0.15, 0.2) is 0 Å². The average molecular weight is 611 g/mol. The Bertz CT molecular complexity index is 902. The Balaban J connectivity index is 0.000000233. The summed E-state index contributed by atoms with van der Waals surface area (Å²) in [4.78, 5) is 0. The molecule has 0 unspecified atom stereocenters. The molecule has 0 saturated carbocycles. The van der Waals surface area contributed by atoms with Gasteiger partial charge in [0.1, 0.15) is 0 Å². The molecule has 0 saturated heterocycles. The number of halogens is 5. The zero-order chi connectivity index (χ0) is 24.7. The number of benzene rings is 2. The molecule has 178 valence electrons. The summed E-state index contributed by atoms with van der Waals surface area (Å²) in [6.45, 7) is 6.45. The molecule has 4 aromatic rings. The first-order valence-corrected chi connectivity index (χ1v) is 21.9. The van der Waals surface area contributed by atoms with Crippen LogP contribution in [0, 0.1) is 13.8 Å². The monoisotopic (exact) mass is 608 g/mol. The second-order valence-corrected chi connectivity index (χ2v) is 20.6. The summed E-state index contributed by atoms with van der Waals surface area (Å²) in [6.07, 6.45) is 2.30. The van der Waals surface area contributed by atoms with Crippen molar-refractivity contribution in [3.63, 3.8) is 0 Å². The van der Waals surface area contributed by atoms with E-state index >= 15 is 0 Å². The number of hydrogen-bond donors (Lipinski definition) is 0. The molecule has 0 bridgehead atoms. The van der Waals surface area contributed by atoms with Gasteiger partial charge in [-0.05, 0) is 6.04 Å². The Kier molecular flexibility index (Phi) is 16.7. The summed E-state index contributed by atoms with van der Waals surface area (Å²) < 4.78 is 0. The van der Waals surface area contributed by atoms with Crippen molar-refractivity contribution >= 4 is 88.9 Å². The zero-order valence-electron chi connectivity index (χ0n) is 19.1. The van der Waals surface area contributed by atoms with Gasteiger partial charge >= 0.3 is 41.6 Å². The molecule has 33 heavy (non-hydrogen) atoms. The van der Waals surface area contributed by atoms with E-state index in [1.165, 1.54) is 45.1 Å². The maximum atomic E-state index is 5.68. The maximum absolute atomic E-state index is 5.68. The molecule has 0 aromatic heterocycles. The van der Waals surface area contributed by atoms with Gasteiger partial charge in [0.25, 0.3) is 0 Å². The fourth-order valence-electron chi connectivity index (χ4n) is 3.24. The summed E-state index contributed by atoms with van der Waals surface area (Å²) >= 11 is 16.5. The molecular formula is C25H29Cl5Si2Ti-2. The molecule has 2 radical (unpaired) electrons. The molecule has 4 rings (SSSR count). The van der Waals surface area contributed by atoms with Crippen LogP contribution in [0.2, 0.25) is 18.6 Å². The number of unbranched alkanes of at least 4 members (excludes halogenated alkanes) is 1. The molecule has 0 N–H and O–H groups in total. The zero-order valence-corrected chi connectivity index (χ0v) is 26.5. The van der Waals surface area contributed by atoms with Crippen LogP contribution >= 0.6 is 51.8 Å². The van der Waals surface area contributed by atoms with Gasteiger partial charge in [-0.2, -0.15) is 12.1 Å². The number of hydrogen-bond acceptors (Lipinski definition) is 0. The van der Waals surface area contributed by atoms with Gasteiger partial charge in [-0.25, -0.2) is 0 Å². The van der Waals surface area contributed by atoms with Gasteiger partial charge < -0.3 is 0 Å². The van der Waals surface area contributed by atoms with E-state index in [2.05, 4.69) is 93.2 Å². The summed E-state index contributed by atoms with van der Waals surface area (Å²) in [5.74, 6) is 0. The third kappa shape index (κ3) is 14.4. The van der Waals surface area contributed by atoms with Crippen LogP contribution in [0.4, 0.5) is 0 Å². The second kappa shape index (κ2) is 17.6. The minimum atomic E-state index is -2.29.